The third kappa shape index (κ3) is 3.28. The van der Waals surface area contributed by atoms with Crippen LogP contribution in [-0.4, -0.2) is 30.6 Å². The van der Waals surface area contributed by atoms with Gasteiger partial charge < -0.3 is 10.6 Å². The van der Waals surface area contributed by atoms with Crippen LogP contribution in [0.4, 0.5) is 4.79 Å². The number of imide groups is 1. The molecule has 0 aromatic rings. The average Bonchev–Trinajstić information content (AvgIpc) is 2.42. The van der Waals surface area contributed by atoms with Gasteiger partial charge in [0, 0.05) is 12.1 Å². The van der Waals surface area contributed by atoms with Crippen LogP contribution < -0.4 is 16.0 Å². The van der Waals surface area contributed by atoms with E-state index in [1.54, 1.807) is 6.08 Å². The molecule has 21 heavy (non-hydrogen) atoms. The number of carbonyl (C=O) groups is 2. The van der Waals surface area contributed by atoms with Gasteiger partial charge in [-0.1, -0.05) is 6.08 Å². The lowest BCUT2D eigenvalue weighted by atomic mass is 9.53. The highest BCUT2D eigenvalue weighted by atomic mass is 16.2. The Hall–Kier alpha value is -1.36. The first-order valence-corrected chi connectivity index (χ1v) is 8.02. The van der Waals surface area contributed by atoms with Crippen molar-refractivity contribution in [3.8, 4) is 0 Å². The van der Waals surface area contributed by atoms with E-state index in [0.29, 0.717) is 6.54 Å². The predicted octanol–water partition coefficient (Wildman–Crippen LogP) is 1.56. The number of hydrogen-bond donors (Lipinski definition) is 3. The number of carbonyl (C=O) groups excluding carboxylic acids is 2. The van der Waals surface area contributed by atoms with Gasteiger partial charge in [-0.3, -0.25) is 10.1 Å². The number of hydrogen-bond acceptors (Lipinski definition) is 3. The summed E-state index contributed by atoms with van der Waals surface area (Å²) in [5, 5.41) is 8.36. The number of rotatable bonds is 5. The van der Waals surface area contributed by atoms with Crippen molar-refractivity contribution in [2.45, 2.75) is 44.1 Å². The summed E-state index contributed by atoms with van der Waals surface area (Å²) in [6.07, 6.45) is 9.35. The number of urea groups is 1. The van der Waals surface area contributed by atoms with E-state index in [2.05, 4.69) is 22.5 Å². The van der Waals surface area contributed by atoms with Crippen LogP contribution in [0, 0.1) is 17.8 Å². The van der Waals surface area contributed by atoms with Gasteiger partial charge in [0.15, 0.2) is 0 Å². The van der Waals surface area contributed by atoms with Gasteiger partial charge in [-0.05, 0) is 56.3 Å². The summed E-state index contributed by atoms with van der Waals surface area (Å²) in [6.45, 7) is 4.11. The SMILES string of the molecule is C=CCNC(=O)NC(=O)CNC12CC3CC(CC(C3)C1)C2. The molecule has 3 amide bonds. The van der Waals surface area contributed by atoms with Crippen molar-refractivity contribution in [2.75, 3.05) is 13.1 Å². The fourth-order valence-electron chi connectivity index (χ4n) is 4.97. The van der Waals surface area contributed by atoms with Crippen molar-refractivity contribution in [2.24, 2.45) is 17.8 Å². The smallest absolute Gasteiger partial charge is 0.321 e. The summed E-state index contributed by atoms with van der Waals surface area (Å²) in [5.74, 6) is 2.29. The Kier molecular flexibility index (Phi) is 4.02. The third-order valence-electron chi connectivity index (χ3n) is 5.32. The molecule has 0 spiro atoms. The highest BCUT2D eigenvalue weighted by Crippen LogP contribution is 2.55. The molecule has 0 aromatic heterocycles. The normalized spacial score (nSPS) is 36.3. The zero-order valence-electron chi connectivity index (χ0n) is 12.5. The minimum absolute atomic E-state index is 0.156. The minimum atomic E-state index is -0.452. The second-order valence-corrected chi connectivity index (χ2v) is 7.10. The van der Waals surface area contributed by atoms with E-state index < -0.39 is 6.03 Å². The Morgan fingerprint density at radius 2 is 1.67 bits per heavy atom. The molecule has 0 atom stereocenters. The second-order valence-electron chi connectivity index (χ2n) is 7.10. The lowest BCUT2D eigenvalue weighted by molar-refractivity contribution is -0.120. The first-order chi connectivity index (χ1) is 10.1. The number of amides is 3. The molecule has 3 N–H and O–H groups in total. The Morgan fingerprint density at radius 1 is 1.10 bits per heavy atom. The van der Waals surface area contributed by atoms with Crippen LogP contribution in [0.5, 0.6) is 0 Å². The fraction of sp³-hybridized carbons (Fsp3) is 0.750. The van der Waals surface area contributed by atoms with Crippen LogP contribution in [-0.2, 0) is 4.79 Å². The summed E-state index contributed by atoms with van der Waals surface area (Å²) in [7, 11) is 0. The van der Waals surface area contributed by atoms with E-state index >= 15 is 0 Å². The van der Waals surface area contributed by atoms with Crippen molar-refractivity contribution in [1.29, 1.82) is 0 Å². The Bertz CT molecular complexity index is 412. The molecule has 0 unspecified atom stereocenters. The molecule has 5 nitrogen and oxygen atoms in total. The average molecular weight is 291 g/mol. The second kappa shape index (κ2) is 5.79. The maximum absolute atomic E-state index is 11.8. The highest BCUT2D eigenvalue weighted by Gasteiger charge is 2.50. The Morgan fingerprint density at radius 3 is 2.19 bits per heavy atom. The molecule has 4 saturated carbocycles. The summed E-state index contributed by atoms with van der Waals surface area (Å²) in [4.78, 5) is 23.3. The molecule has 0 saturated heterocycles. The van der Waals surface area contributed by atoms with E-state index in [-0.39, 0.29) is 18.0 Å². The predicted molar refractivity (Wildman–Crippen MR) is 80.6 cm³/mol. The maximum atomic E-state index is 11.8. The molecule has 0 aromatic carbocycles. The fourth-order valence-corrected chi connectivity index (χ4v) is 4.97. The molecular formula is C16H25N3O2. The first-order valence-electron chi connectivity index (χ1n) is 8.02. The van der Waals surface area contributed by atoms with Crippen LogP contribution in [0.3, 0.4) is 0 Å². The van der Waals surface area contributed by atoms with Crippen molar-refractivity contribution in [3.63, 3.8) is 0 Å². The number of nitrogens with one attached hydrogen (secondary N) is 3. The van der Waals surface area contributed by atoms with Crippen molar-refractivity contribution in [3.05, 3.63) is 12.7 Å². The lowest BCUT2D eigenvalue weighted by Gasteiger charge is -2.57. The summed E-state index contributed by atoms with van der Waals surface area (Å²) < 4.78 is 0. The molecule has 4 rings (SSSR count). The topological polar surface area (TPSA) is 70.2 Å². The lowest BCUT2D eigenvalue weighted by Crippen LogP contribution is -2.60. The van der Waals surface area contributed by atoms with Gasteiger partial charge in [-0.15, -0.1) is 6.58 Å². The Balaban J connectivity index is 1.47. The molecule has 4 fully saturated rings. The van der Waals surface area contributed by atoms with Crippen molar-refractivity contribution >= 4 is 11.9 Å². The van der Waals surface area contributed by atoms with Crippen LogP contribution in [0.15, 0.2) is 12.7 Å². The van der Waals surface area contributed by atoms with Gasteiger partial charge >= 0.3 is 6.03 Å². The van der Waals surface area contributed by atoms with Crippen LogP contribution >= 0.6 is 0 Å². The van der Waals surface area contributed by atoms with E-state index in [0.717, 1.165) is 17.8 Å². The standard InChI is InChI=1S/C16H25N3O2/c1-2-3-17-15(21)19-14(20)10-18-16-7-11-4-12(8-16)6-13(5-11)9-16/h2,11-13,18H,1,3-10H2,(H2,17,19,20,21). The first kappa shape index (κ1) is 14.6. The molecule has 4 aliphatic carbocycles. The van der Waals surface area contributed by atoms with Crippen LogP contribution in [0.25, 0.3) is 0 Å². The molecule has 5 heteroatoms. The molecule has 0 aliphatic heterocycles. The zero-order chi connectivity index (χ0) is 14.9. The molecule has 0 radical (unpaired) electrons. The summed E-state index contributed by atoms with van der Waals surface area (Å²) >= 11 is 0. The molecule has 4 bridgehead atoms. The van der Waals surface area contributed by atoms with Gasteiger partial charge in [0.25, 0.3) is 0 Å². The largest absolute Gasteiger partial charge is 0.334 e. The third-order valence-corrected chi connectivity index (χ3v) is 5.32. The van der Waals surface area contributed by atoms with E-state index in [1.807, 2.05) is 0 Å². The van der Waals surface area contributed by atoms with Gasteiger partial charge in [-0.25, -0.2) is 4.79 Å². The van der Waals surface area contributed by atoms with E-state index in [1.165, 1.54) is 38.5 Å². The molecule has 116 valence electrons. The quantitative estimate of drug-likeness (QED) is 0.673. The molecule has 4 aliphatic rings. The van der Waals surface area contributed by atoms with Crippen LogP contribution in [0.1, 0.15) is 38.5 Å². The molecule has 0 heterocycles. The highest BCUT2D eigenvalue weighted by molar-refractivity contribution is 5.95. The van der Waals surface area contributed by atoms with Crippen molar-refractivity contribution < 1.29 is 9.59 Å². The summed E-state index contributed by atoms with van der Waals surface area (Å²) in [6, 6.07) is -0.452. The Labute approximate surface area is 125 Å². The zero-order valence-corrected chi connectivity index (χ0v) is 12.5. The van der Waals surface area contributed by atoms with Gasteiger partial charge in [0.2, 0.25) is 5.91 Å². The maximum Gasteiger partial charge on any atom is 0.321 e. The van der Waals surface area contributed by atoms with E-state index in [4.69, 9.17) is 0 Å². The van der Waals surface area contributed by atoms with E-state index in [9.17, 15) is 9.59 Å². The minimum Gasteiger partial charge on any atom is -0.334 e. The van der Waals surface area contributed by atoms with Crippen molar-refractivity contribution in [1.82, 2.24) is 16.0 Å². The van der Waals surface area contributed by atoms with Gasteiger partial charge in [0.1, 0.15) is 0 Å². The monoisotopic (exact) mass is 291 g/mol. The van der Waals surface area contributed by atoms with Gasteiger partial charge in [0.05, 0.1) is 6.54 Å². The van der Waals surface area contributed by atoms with Crippen LogP contribution in [0.2, 0.25) is 0 Å². The molecular weight excluding hydrogens is 266 g/mol. The van der Waals surface area contributed by atoms with Gasteiger partial charge in [-0.2, -0.15) is 0 Å². The summed E-state index contributed by atoms with van der Waals surface area (Å²) in [5.41, 5.74) is 0.156.